The number of carbonyl (C=O) groups is 1. The molecule has 0 spiro atoms. The first-order valence-corrected chi connectivity index (χ1v) is 13.0. The van der Waals surface area contributed by atoms with Crippen molar-refractivity contribution >= 4 is 5.97 Å². The average molecular weight is 425 g/mol. The summed E-state index contributed by atoms with van der Waals surface area (Å²) in [6.07, 6.45) is 11.2. The number of fused-ring (bicyclic) bond motifs is 5. The standard InChI is InChI=1S/C29H44O2/c1-18(2)19(3)7-8-20(4)27-13-14-28-26-11-9-22-17-23(31-21(5)30)10-12-24(22)25(26)15-16-29(27,28)6/h9,11,18-20,23,27-28H,7-8,10,12-17H2,1-6H3/t19-,20+,23?,27?,28?,29?/m0/s1. The topological polar surface area (TPSA) is 26.3 Å². The van der Waals surface area contributed by atoms with E-state index in [0.717, 1.165) is 48.9 Å². The average Bonchev–Trinajstić information content (AvgIpc) is 3.08. The molecule has 1 aromatic carbocycles. The van der Waals surface area contributed by atoms with Crippen LogP contribution in [0, 0.1) is 29.1 Å². The summed E-state index contributed by atoms with van der Waals surface area (Å²) in [7, 11) is 0. The van der Waals surface area contributed by atoms with Crippen LogP contribution in [0.4, 0.5) is 0 Å². The fraction of sp³-hybridized carbons (Fsp3) is 0.759. The van der Waals surface area contributed by atoms with Crippen molar-refractivity contribution in [2.24, 2.45) is 29.1 Å². The molecule has 1 aromatic rings. The van der Waals surface area contributed by atoms with Crippen LogP contribution in [0.15, 0.2) is 12.1 Å². The first-order chi connectivity index (χ1) is 14.7. The molecule has 0 saturated heterocycles. The second kappa shape index (κ2) is 8.91. The lowest BCUT2D eigenvalue weighted by molar-refractivity contribution is -0.146. The van der Waals surface area contributed by atoms with Crippen LogP contribution in [0.2, 0.25) is 0 Å². The Kier molecular flexibility index (Phi) is 6.57. The molecule has 2 heteroatoms. The van der Waals surface area contributed by atoms with Gasteiger partial charge in [0, 0.05) is 13.3 Å². The highest BCUT2D eigenvalue weighted by molar-refractivity contribution is 5.66. The van der Waals surface area contributed by atoms with Crippen LogP contribution >= 0.6 is 0 Å². The third-order valence-corrected chi connectivity index (χ3v) is 9.66. The minimum absolute atomic E-state index is 0.0712. The van der Waals surface area contributed by atoms with Crippen molar-refractivity contribution in [3.63, 3.8) is 0 Å². The van der Waals surface area contributed by atoms with Gasteiger partial charge in [0.15, 0.2) is 0 Å². The van der Waals surface area contributed by atoms with Crippen molar-refractivity contribution in [2.45, 2.75) is 111 Å². The molecule has 4 unspecified atom stereocenters. The smallest absolute Gasteiger partial charge is 0.302 e. The second-order valence-electron chi connectivity index (χ2n) is 11.8. The molecule has 0 aliphatic heterocycles. The molecule has 0 bridgehead atoms. The highest BCUT2D eigenvalue weighted by atomic mass is 16.5. The Morgan fingerprint density at radius 2 is 1.84 bits per heavy atom. The van der Waals surface area contributed by atoms with E-state index in [1.165, 1.54) is 51.0 Å². The summed E-state index contributed by atoms with van der Waals surface area (Å²) in [5, 5.41) is 0. The van der Waals surface area contributed by atoms with Gasteiger partial charge in [0.25, 0.3) is 0 Å². The summed E-state index contributed by atoms with van der Waals surface area (Å²) >= 11 is 0. The van der Waals surface area contributed by atoms with Gasteiger partial charge in [-0.2, -0.15) is 0 Å². The molecule has 172 valence electrons. The molecule has 3 aliphatic rings. The molecule has 4 rings (SSSR count). The minimum atomic E-state index is -0.143. The molecule has 1 saturated carbocycles. The predicted octanol–water partition coefficient (Wildman–Crippen LogP) is 7.26. The summed E-state index contributed by atoms with van der Waals surface area (Å²) in [4.78, 5) is 11.4. The van der Waals surface area contributed by atoms with Crippen molar-refractivity contribution in [1.29, 1.82) is 0 Å². The van der Waals surface area contributed by atoms with E-state index in [4.69, 9.17) is 4.74 Å². The number of esters is 1. The highest BCUT2D eigenvalue weighted by Gasteiger charge is 2.51. The van der Waals surface area contributed by atoms with Gasteiger partial charge in [-0.15, -0.1) is 0 Å². The number of rotatable bonds is 6. The Morgan fingerprint density at radius 3 is 2.55 bits per heavy atom. The maximum absolute atomic E-state index is 11.4. The zero-order valence-corrected chi connectivity index (χ0v) is 20.8. The lowest BCUT2D eigenvalue weighted by Crippen LogP contribution is -2.36. The molecule has 0 aromatic heterocycles. The second-order valence-corrected chi connectivity index (χ2v) is 11.8. The van der Waals surface area contributed by atoms with Crippen LogP contribution in [0.3, 0.4) is 0 Å². The van der Waals surface area contributed by atoms with Gasteiger partial charge in [0.1, 0.15) is 6.10 Å². The van der Waals surface area contributed by atoms with E-state index in [0.29, 0.717) is 5.41 Å². The first kappa shape index (κ1) is 22.9. The molecule has 6 atom stereocenters. The number of benzene rings is 1. The number of carbonyl (C=O) groups excluding carboxylic acids is 1. The van der Waals surface area contributed by atoms with Gasteiger partial charge in [0.2, 0.25) is 0 Å². The molecule has 1 fully saturated rings. The van der Waals surface area contributed by atoms with Crippen molar-refractivity contribution in [3.05, 3.63) is 34.4 Å². The quantitative estimate of drug-likeness (QED) is 0.449. The summed E-state index contributed by atoms with van der Waals surface area (Å²) in [6, 6.07) is 4.83. The van der Waals surface area contributed by atoms with Gasteiger partial charge < -0.3 is 4.74 Å². The molecular weight excluding hydrogens is 380 g/mol. The van der Waals surface area contributed by atoms with E-state index < -0.39 is 0 Å². The fourth-order valence-corrected chi connectivity index (χ4v) is 7.40. The van der Waals surface area contributed by atoms with Crippen molar-refractivity contribution < 1.29 is 9.53 Å². The number of ether oxygens (including phenoxy) is 1. The van der Waals surface area contributed by atoms with Gasteiger partial charge >= 0.3 is 5.97 Å². The van der Waals surface area contributed by atoms with Gasteiger partial charge in [-0.05, 0) is 95.8 Å². The summed E-state index contributed by atoms with van der Waals surface area (Å²) in [5.74, 6) is 3.93. The van der Waals surface area contributed by atoms with Crippen molar-refractivity contribution in [3.8, 4) is 0 Å². The summed E-state index contributed by atoms with van der Waals surface area (Å²) < 4.78 is 5.53. The molecule has 0 N–H and O–H groups in total. The van der Waals surface area contributed by atoms with Gasteiger partial charge in [-0.25, -0.2) is 0 Å². The van der Waals surface area contributed by atoms with E-state index in [1.807, 2.05) is 0 Å². The highest BCUT2D eigenvalue weighted by Crippen LogP contribution is 2.61. The molecule has 0 heterocycles. The molecule has 31 heavy (non-hydrogen) atoms. The first-order valence-electron chi connectivity index (χ1n) is 13.0. The minimum Gasteiger partial charge on any atom is -0.462 e. The fourth-order valence-electron chi connectivity index (χ4n) is 7.40. The Bertz CT molecular complexity index is 809. The van der Waals surface area contributed by atoms with E-state index in [2.05, 4.69) is 46.8 Å². The Morgan fingerprint density at radius 1 is 1.06 bits per heavy atom. The molecule has 3 aliphatic carbocycles. The zero-order valence-electron chi connectivity index (χ0n) is 20.8. The van der Waals surface area contributed by atoms with Gasteiger partial charge in [-0.3, -0.25) is 4.79 Å². The normalized spacial score (nSPS) is 31.5. The summed E-state index contributed by atoms with van der Waals surface area (Å²) in [6.45, 7) is 13.9. The molecule has 0 amide bonds. The van der Waals surface area contributed by atoms with Crippen LogP contribution in [0.1, 0.15) is 108 Å². The Labute approximate surface area is 190 Å². The number of hydrogen-bond acceptors (Lipinski definition) is 2. The maximum Gasteiger partial charge on any atom is 0.302 e. The Balaban J connectivity index is 1.51. The molecule has 2 nitrogen and oxygen atoms in total. The van der Waals surface area contributed by atoms with Crippen molar-refractivity contribution in [1.82, 2.24) is 0 Å². The van der Waals surface area contributed by atoms with Gasteiger partial charge in [-0.1, -0.05) is 59.6 Å². The largest absolute Gasteiger partial charge is 0.462 e. The van der Waals surface area contributed by atoms with Crippen LogP contribution < -0.4 is 0 Å². The third kappa shape index (κ3) is 4.33. The number of hydrogen-bond donors (Lipinski definition) is 0. The summed E-state index contributed by atoms with van der Waals surface area (Å²) in [5.41, 5.74) is 6.85. The predicted molar refractivity (Wildman–Crippen MR) is 128 cm³/mol. The monoisotopic (exact) mass is 424 g/mol. The lowest BCUT2D eigenvalue weighted by Gasteiger charge is -2.45. The van der Waals surface area contributed by atoms with E-state index >= 15 is 0 Å². The SMILES string of the molecule is CC(=O)OC1CCc2c(ccc3c2CCC2(C)C3CCC2[C@H](C)CC[C@H](C)C(C)C)C1. The zero-order chi connectivity index (χ0) is 22.3. The Hall–Kier alpha value is -1.31. The van der Waals surface area contributed by atoms with Crippen LogP contribution in [0.5, 0.6) is 0 Å². The van der Waals surface area contributed by atoms with E-state index in [9.17, 15) is 4.79 Å². The van der Waals surface area contributed by atoms with Crippen LogP contribution in [0.25, 0.3) is 0 Å². The van der Waals surface area contributed by atoms with E-state index in [-0.39, 0.29) is 12.1 Å². The molecular formula is C29H44O2. The lowest BCUT2D eigenvalue weighted by atomic mass is 9.59. The van der Waals surface area contributed by atoms with Crippen molar-refractivity contribution in [2.75, 3.05) is 0 Å². The van der Waals surface area contributed by atoms with Crippen LogP contribution in [-0.4, -0.2) is 12.1 Å². The maximum atomic E-state index is 11.4. The molecule has 0 radical (unpaired) electrons. The van der Waals surface area contributed by atoms with Gasteiger partial charge in [0.05, 0.1) is 0 Å². The third-order valence-electron chi connectivity index (χ3n) is 9.66. The van der Waals surface area contributed by atoms with E-state index in [1.54, 1.807) is 16.7 Å². The van der Waals surface area contributed by atoms with Crippen LogP contribution in [-0.2, 0) is 28.8 Å².